The van der Waals surface area contributed by atoms with Gasteiger partial charge >= 0.3 is 5.97 Å². The molecule has 1 rings (SSSR count). The van der Waals surface area contributed by atoms with E-state index in [-0.39, 0.29) is 5.56 Å². The van der Waals surface area contributed by atoms with Crippen molar-refractivity contribution < 1.29 is 9.90 Å². The van der Waals surface area contributed by atoms with Crippen LogP contribution < -0.4 is 4.90 Å². The van der Waals surface area contributed by atoms with Gasteiger partial charge in [0.2, 0.25) is 0 Å². The number of unbranched alkanes of at least 4 members (excludes halogenated alkanes) is 1. The van der Waals surface area contributed by atoms with Crippen LogP contribution >= 0.6 is 0 Å². The molecule has 1 aromatic heterocycles. The minimum atomic E-state index is -0.918. The smallest absolute Gasteiger partial charge is 0.339 e. The van der Waals surface area contributed by atoms with E-state index in [1.165, 1.54) is 0 Å². The van der Waals surface area contributed by atoms with Gasteiger partial charge in [-0.15, -0.1) is 0 Å². The van der Waals surface area contributed by atoms with Gasteiger partial charge < -0.3 is 10.0 Å². The maximum absolute atomic E-state index is 11.0. The number of hydrogen-bond donors (Lipinski definition) is 1. The number of carboxylic acid groups (broad SMARTS) is 1. The molecule has 0 aliphatic rings. The molecule has 1 aromatic rings. The number of nitrogens with zero attached hydrogens (tertiary/aromatic N) is 2. The molecular formula is C12H18N2O2. The minimum absolute atomic E-state index is 0.278. The van der Waals surface area contributed by atoms with Crippen molar-refractivity contribution in [2.75, 3.05) is 18.0 Å². The van der Waals surface area contributed by atoms with Gasteiger partial charge in [0.1, 0.15) is 11.4 Å². The van der Waals surface area contributed by atoms with Gasteiger partial charge in [0.05, 0.1) is 0 Å². The Balaban J connectivity index is 2.94. The summed E-state index contributed by atoms with van der Waals surface area (Å²) in [5.74, 6) is -0.344. The highest BCUT2D eigenvalue weighted by molar-refractivity contribution is 5.93. The van der Waals surface area contributed by atoms with E-state index in [0.717, 1.165) is 25.9 Å². The Bertz CT molecular complexity index is 353. The van der Waals surface area contributed by atoms with E-state index in [0.29, 0.717) is 5.82 Å². The number of carbonyl (C=O) groups is 1. The van der Waals surface area contributed by atoms with Crippen LogP contribution in [0.25, 0.3) is 0 Å². The third-order valence-corrected chi connectivity index (χ3v) is 2.48. The molecule has 0 saturated heterocycles. The van der Waals surface area contributed by atoms with Crippen molar-refractivity contribution in [2.24, 2.45) is 0 Å². The molecule has 0 saturated carbocycles. The molecule has 0 bridgehead atoms. The van der Waals surface area contributed by atoms with Crippen LogP contribution in [0, 0.1) is 0 Å². The Labute approximate surface area is 95.9 Å². The summed E-state index contributed by atoms with van der Waals surface area (Å²) in [5.41, 5.74) is 0.278. The number of anilines is 1. The van der Waals surface area contributed by atoms with Crippen LogP contribution in [0.4, 0.5) is 5.82 Å². The second-order valence-corrected chi connectivity index (χ2v) is 3.61. The highest BCUT2D eigenvalue weighted by Crippen LogP contribution is 2.17. The third-order valence-electron chi connectivity index (χ3n) is 2.48. The SMILES string of the molecule is CCCCN(CC)c1ncccc1C(=O)O. The molecule has 1 N–H and O–H groups in total. The predicted octanol–water partition coefficient (Wildman–Crippen LogP) is 2.41. The fourth-order valence-corrected chi connectivity index (χ4v) is 1.58. The fourth-order valence-electron chi connectivity index (χ4n) is 1.58. The van der Waals surface area contributed by atoms with Crippen LogP contribution in [-0.2, 0) is 0 Å². The molecule has 0 radical (unpaired) electrons. The first-order valence-corrected chi connectivity index (χ1v) is 5.64. The zero-order valence-electron chi connectivity index (χ0n) is 9.81. The average Bonchev–Trinajstić information content (AvgIpc) is 2.30. The van der Waals surface area contributed by atoms with E-state index in [2.05, 4.69) is 11.9 Å². The summed E-state index contributed by atoms with van der Waals surface area (Å²) in [4.78, 5) is 17.2. The largest absolute Gasteiger partial charge is 0.478 e. The molecule has 0 atom stereocenters. The monoisotopic (exact) mass is 222 g/mol. The Kier molecular flexibility index (Phi) is 4.76. The van der Waals surface area contributed by atoms with Gasteiger partial charge in [0, 0.05) is 19.3 Å². The van der Waals surface area contributed by atoms with Crippen LogP contribution in [0.1, 0.15) is 37.0 Å². The van der Waals surface area contributed by atoms with Crippen LogP contribution in [0.3, 0.4) is 0 Å². The molecule has 16 heavy (non-hydrogen) atoms. The Morgan fingerprint density at radius 1 is 1.50 bits per heavy atom. The summed E-state index contributed by atoms with van der Waals surface area (Å²) in [7, 11) is 0. The molecule has 4 nitrogen and oxygen atoms in total. The van der Waals surface area contributed by atoms with Gasteiger partial charge in [-0.1, -0.05) is 13.3 Å². The van der Waals surface area contributed by atoms with Crippen LogP contribution in [0.2, 0.25) is 0 Å². The van der Waals surface area contributed by atoms with Gasteiger partial charge in [-0.2, -0.15) is 0 Å². The summed E-state index contributed by atoms with van der Waals surface area (Å²) in [6, 6.07) is 3.25. The minimum Gasteiger partial charge on any atom is -0.478 e. The molecule has 4 heteroatoms. The van der Waals surface area contributed by atoms with Gasteiger partial charge in [-0.3, -0.25) is 0 Å². The molecule has 0 unspecified atom stereocenters. The summed E-state index contributed by atoms with van der Waals surface area (Å²) in [6.45, 7) is 5.75. The molecule has 0 amide bonds. The highest BCUT2D eigenvalue weighted by atomic mass is 16.4. The number of carboxylic acids is 1. The van der Waals surface area contributed by atoms with Crippen molar-refractivity contribution in [3.63, 3.8) is 0 Å². The number of hydrogen-bond acceptors (Lipinski definition) is 3. The van der Waals surface area contributed by atoms with Crippen molar-refractivity contribution in [1.82, 2.24) is 4.98 Å². The third kappa shape index (κ3) is 2.95. The van der Waals surface area contributed by atoms with Crippen molar-refractivity contribution >= 4 is 11.8 Å². The highest BCUT2D eigenvalue weighted by Gasteiger charge is 2.15. The maximum Gasteiger partial charge on any atom is 0.339 e. The molecule has 88 valence electrons. The quantitative estimate of drug-likeness (QED) is 0.803. The maximum atomic E-state index is 11.0. The summed E-state index contributed by atoms with van der Waals surface area (Å²) < 4.78 is 0. The lowest BCUT2D eigenvalue weighted by molar-refractivity contribution is 0.0697. The molecule has 0 aromatic carbocycles. The van der Waals surface area contributed by atoms with Crippen LogP contribution in [-0.4, -0.2) is 29.1 Å². The topological polar surface area (TPSA) is 53.4 Å². The van der Waals surface area contributed by atoms with Crippen LogP contribution in [0.5, 0.6) is 0 Å². The van der Waals surface area contributed by atoms with Gasteiger partial charge in [0.15, 0.2) is 0 Å². The van der Waals surface area contributed by atoms with E-state index >= 15 is 0 Å². The number of pyridine rings is 1. The van der Waals surface area contributed by atoms with Gasteiger partial charge in [0.25, 0.3) is 0 Å². The Morgan fingerprint density at radius 2 is 2.25 bits per heavy atom. The lowest BCUT2D eigenvalue weighted by atomic mass is 10.2. The van der Waals surface area contributed by atoms with Crippen molar-refractivity contribution in [1.29, 1.82) is 0 Å². The zero-order chi connectivity index (χ0) is 12.0. The Morgan fingerprint density at radius 3 is 2.81 bits per heavy atom. The second kappa shape index (κ2) is 6.10. The molecule has 0 aliphatic heterocycles. The molecular weight excluding hydrogens is 204 g/mol. The number of aromatic carboxylic acids is 1. The summed E-state index contributed by atoms with van der Waals surface area (Å²) in [6.07, 6.45) is 3.77. The normalized spacial score (nSPS) is 10.1. The number of aromatic nitrogens is 1. The summed E-state index contributed by atoms with van der Waals surface area (Å²) >= 11 is 0. The molecule has 0 aliphatic carbocycles. The zero-order valence-corrected chi connectivity index (χ0v) is 9.81. The predicted molar refractivity (Wildman–Crippen MR) is 64.0 cm³/mol. The lowest BCUT2D eigenvalue weighted by Crippen LogP contribution is -2.26. The molecule has 1 heterocycles. The van der Waals surface area contributed by atoms with Crippen molar-refractivity contribution in [3.05, 3.63) is 23.9 Å². The number of rotatable bonds is 6. The first-order valence-electron chi connectivity index (χ1n) is 5.64. The molecule has 0 spiro atoms. The van der Waals surface area contributed by atoms with E-state index in [4.69, 9.17) is 5.11 Å². The first-order chi connectivity index (χ1) is 7.70. The first kappa shape index (κ1) is 12.5. The van der Waals surface area contributed by atoms with E-state index in [9.17, 15) is 4.79 Å². The summed E-state index contributed by atoms with van der Waals surface area (Å²) in [5, 5.41) is 9.07. The molecule has 0 fully saturated rings. The second-order valence-electron chi connectivity index (χ2n) is 3.61. The van der Waals surface area contributed by atoms with Gasteiger partial charge in [-0.25, -0.2) is 9.78 Å². The van der Waals surface area contributed by atoms with Gasteiger partial charge in [-0.05, 0) is 25.5 Å². The standard InChI is InChI=1S/C12H18N2O2/c1-3-5-9-14(4-2)11-10(12(15)16)7-6-8-13-11/h6-8H,3-5,9H2,1-2H3,(H,15,16). The van der Waals surface area contributed by atoms with E-state index in [1.807, 2.05) is 11.8 Å². The fraction of sp³-hybridized carbons (Fsp3) is 0.500. The van der Waals surface area contributed by atoms with E-state index in [1.54, 1.807) is 18.3 Å². The lowest BCUT2D eigenvalue weighted by Gasteiger charge is -2.22. The van der Waals surface area contributed by atoms with E-state index < -0.39 is 5.97 Å². The van der Waals surface area contributed by atoms with Crippen LogP contribution in [0.15, 0.2) is 18.3 Å². The average molecular weight is 222 g/mol. The van der Waals surface area contributed by atoms with Crippen molar-refractivity contribution in [2.45, 2.75) is 26.7 Å². The Hall–Kier alpha value is -1.58. The van der Waals surface area contributed by atoms with Crippen molar-refractivity contribution in [3.8, 4) is 0 Å².